The molecule has 0 aromatic carbocycles. The van der Waals surface area contributed by atoms with Crippen LogP contribution in [-0.2, 0) is 0 Å². The van der Waals surface area contributed by atoms with Gasteiger partial charge in [0.05, 0.1) is 6.04 Å². The summed E-state index contributed by atoms with van der Waals surface area (Å²) in [6.45, 7) is 2.50. The van der Waals surface area contributed by atoms with Crippen LogP contribution in [0, 0.1) is 0 Å². The normalized spacial score (nSPS) is 15.3. The zero-order valence-corrected chi connectivity index (χ0v) is 4.76. The van der Waals surface area contributed by atoms with Gasteiger partial charge in [-0.1, -0.05) is 0 Å². The molecule has 0 bridgehead atoms. The molecular formula is C4H11N3. The number of hydrogen-bond acceptors (Lipinski definition) is 3. The van der Waals surface area contributed by atoms with E-state index in [0.29, 0.717) is 6.54 Å². The fraction of sp³-hybridized carbons (Fsp3) is 1.00. The Bertz CT molecular complexity index is 60.0. The van der Waals surface area contributed by atoms with Crippen LogP contribution < -0.4 is 5.73 Å². The molecule has 3 heteroatoms. The molecule has 0 spiro atoms. The predicted octanol–water partition coefficient (Wildman–Crippen LogP) is 0.416. The molecule has 0 aliphatic heterocycles. The lowest BCUT2D eigenvalue weighted by Crippen LogP contribution is -2.12. The monoisotopic (exact) mass is 101 g/mol. The van der Waals surface area contributed by atoms with Crippen LogP contribution in [0.1, 0.15) is 6.92 Å². The van der Waals surface area contributed by atoms with Crippen molar-refractivity contribution in [2.75, 3.05) is 13.6 Å². The molecule has 1 atom stereocenters. The first kappa shape index (κ1) is 6.56. The van der Waals surface area contributed by atoms with Crippen molar-refractivity contribution >= 4 is 0 Å². The third kappa shape index (κ3) is 3.39. The molecule has 0 aliphatic carbocycles. The summed E-state index contributed by atoms with van der Waals surface area (Å²) in [5, 5.41) is 7.29. The second kappa shape index (κ2) is 3.74. The Morgan fingerprint density at radius 1 is 1.71 bits per heavy atom. The number of rotatable bonds is 2. The van der Waals surface area contributed by atoms with Crippen LogP contribution in [-0.4, -0.2) is 19.6 Å². The van der Waals surface area contributed by atoms with Crippen LogP contribution in [0.3, 0.4) is 0 Å². The van der Waals surface area contributed by atoms with Crippen molar-refractivity contribution in [3.8, 4) is 0 Å². The second-order valence-corrected chi connectivity index (χ2v) is 1.40. The van der Waals surface area contributed by atoms with Crippen molar-refractivity contribution in [3.05, 3.63) is 0 Å². The average Bonchev–Trinajstić information content (AvgIpc) is 1.68. The number of azo groups is 1. The van der Waals surface area contributed by atoms with Gasteiger partial charge >= 0.3 is 0 Å². The Morgan fingerprint density at radius 2 is 2.29 bits per heavy atom. The summed E-state index contributed by atoms with van der Waals surface area (Å²) >= 11 is 0. The third-order valence-electron chi connectivity index (χ3n) is 0.654. The van der Waals surface area contributed by atoms with Gasteiger partial charge in [-0.15, -0.1) is 0 Å². The molecule has 1 unspecified atom stereocenters. The summed E-state index contributed by atoms with van der Waals surface area (Å²) in [7, 11) is 1.64. The lowest BCUT2D eigenvalue weighted by atomic mass is 10.4. The lowest BCUT2D eigenvalue weighted by Gasteiger charge is -1.94. The first-order valence-electron chi connectivity index (χ1n) is 2.30. The largest absolute Gasteiger partial charge is 0.328 e. The number of hydrogen-bond donors (Lipinski definition) is 1. The minimum Gasteiger partial charge on any atom is -0.328 e. The quantitative estimate of drug-likeness (QED) is 0.503. The highest BCUT2D eigenvalue weighted by molar-refractivity contribution is 4.53. The van der Waals surface area contributed by atoms with E-state index in [1.165, 1.54) is 0 Å². The van der Waals surface area contributed by atoms with Crippen molar-refractivity contribution < 1.29 is 0 Å². The molecule has 0 radical (unpaired) electrons. The van der Waals surface area contributed by atoms with Gasteiger partial charge in [-0.2, -0.15) is 10.2 Å². The fourth-order valence-electron chi connectivity index (χ4n) is 0.244. The van der Waals surface area contributed by atoms with E-state index in [1.54, 1.807) is 7.05 Å². The van der Waals surface area contributed by atoms with Crippen LogP contribution in [0.25, 0.3) is 0 Å². The van der Waals surface area contributed by atoms with E-state index in [-0.39, 0.29) is 6.04 Å². The second-order valence-electron chi connectivity index (χ2n) is 1.40. The minimum absolute atomic E-state index is 0.185. The molecule has 0 heterocycles. The van der Waals surface area contributed by atoms with Gasteiger partial charge in [-0.25, -0.2) is 0 Å². The van der Waals surface area contributed by atoms with Crippen LogP contribution in [0.15, 0.2) is 10.2 Å². The van der Waals surface area contributed by atoms with Crippen molar-refractivity contribution in [1.29, 1.82) is 0 Å². The average molecular weight is 101 g/mol. The zero-order valence-electron chi connectivity index (χ0n) is 4.76. The summed E-state index contributed by atoms with van der Waals surface area (Å²) in [4.78, 5) is 0. The van der Waals surface area contributed by atoms with E-state index in [1.807, 2.05) is 6.92 Å². The molecule has 0 fully saturated rings. The van der Waals surface area contributed by atoms with Gasteiger partial charge in [-0.3, -0.25) is 0 Å². The highest BCUT2D eigenvalue weighted by Gasteiger charge is 1.88. The van der Waals surface area contributed by atoms with Gasteiger partial charge in [0.25, 0.3) is 0 Å². The Balaban J connectivity index is 3.16. The molecule has 7 heavy (non-hydrogen) atoms. The van der Waals surface area contributed by atoms with Crippen LogP contribution in [0.2, 0.25) is 0 Å². The molecule has 0 aliphatic rings. The van der Waals surface area contributed by atoms with Gasteiger partial charge in [-0.05, 0) is 6.92 Å². The molecule has 3 nitrogen and oxygen atoms in total. The van der Waals surface area contributed by atoms with E-state index in [2.05, 4.69) is 10.2 Å². The Labute approximate surface area is 43.6 Å². The Morgan fingerprint density at radius 3 is 2.43 bits per heavy atom. The van der Waals surface area contributed by atoms with Crippen molar-refractivity contribution in [2.45, 2.75) is 13.0 Å². The van der Waals surface area contributed by atoms with Crippen LogP contribution >= 0.6 is 0 Å². The zero-order chi connectivity index (χ0) is 5.70. The van der Waals surface area contributed by atoms with Crippen molar-refractivity contribution in [1.82, 2.24) is 0 Å². The Hall–Kier alpha value is -0.440. The molecule has 0 aromatic rings. The standard InChI is InChI=1S/C4H11N3/c1-4(3-5)7-6-2/h4H,3,5H2,1-2H3. The lowest BCUT2D eigenvalue weighted by molar-refractivity contribution is 0.706. The Kier molecular flexibility index (Phi) is 3.50. The molecule has 0 amide bonds. The molecular weight excluding hydrogens is 90.1 g/mol. The number of nitrogens with two attached hydrogens (primary N) is 1. The highest BCUT2D eigenvalue weighted by atomic mass is 15.1. The summed E-state index contributed by atoms with van der Waals surface area (Å²) in [6, 6.07) is 0.185. The van der Waals surface area contributed by atoms with Crippen LogP contribution in [0.5, 0.6) is 0 Å². The first-order valence-corrected chi connectivity index (χ1v) is 2.30. The minimum atomic E-state index is 0.185. The van der Waals surface area contributed by atoms with Gasteiger partial charge < -0.3 is 5.73 Å². The SMILES string of the molecule is CN=NC(C)CN. The summed E-state index contributed by atoms with van der Waals surface area (Å²) < 4.78 is 0. The van der Waals surface area contributed by atoms with Gasteiger partial charge in [0.1, 0.15) is 0 Å². The van der Waals surface area contributed by atoms with Crippen molar-refractivity contribution in [3.63, 3.8) is 0 Å². The molecule has 0 saturated carbocycles. The van der Waals surface area contributed by atoms with Crippen LogP contribution in [0.4, 0.5) is 0 Å². The maximum absolute atomic E-state index is 5.20. The maximum Gasteiger partial charge on any atom is 0.0802 e. The predicted molar refractivity (Wildman–Crippen MR) is 29.3 cm³/mol. The van der Waals surface area contributed by atoms with Gasteiger partial charge in [0, 0.05) is 13.6 Å². The van der Waals surface area contributed by atoms with E-state index in [9.17, 15) is 0 Å². The fourth-order valence-corrected chi connectivity index (χ4v) is 0.244. The van der Waals surface area contributed by atoms with Crippen molar-refractivity contribution in [2.24, 2.45) is 16.0 Å². The molecule has 0 saturated heterocycles. The smallest absolute Gasteiger partial charge is 0.0802 e. The topological polar surface area (TPSA) is 50.7 Å². The summed E-state index contributed by atoms with van der Waals surface area (Å²) in [5.41, 5.74) is 5.20. The molecule has 42 valence electrons. The van der Waals surface area contributed by atoms with E-state index in [4.69, 9.17) is 5.73 Å². The van der Waals surface area contributed by atoms with E-state index >= 15 is 0 Å². The molecule has 0 aromatic heterocycles. The summed E-state index contributed by atoms with van der Waals surface area (Å²) in [5.74, 6) is 0. The maximum atomic E-state index is 5.20. The first-order chi connectivity index (χ1) is 3.31. The molecule has 2 N–H and O–H groups in total. The number of nitrogens with zero attached hydrogens (tertiary/aromatic N) is 2. The third-order valence-corrected chi connectivity index (χ3v) is 0.654. The van der Waals surface area contributed by atoms with E-state index in [0.717, 1.165) is 0 Å². The van der Waals surface area contributed by atoms with Gasteiger partial charge in [0.2, 0.25) is 0 Å². The highest BCUT2D eigenvalue weighted by Crippen LogP contribution is 1.82. The molecule has 0 rings (SSSR count). The summed E-state index contributed by atoms with van der Waals surface area (Å²) in [6.07, 6.45) is 0. The van der Waals surface area contributed by atoms with Gasteiger partial charge in [0.15, 0.2) is 0 Å². The van der Waals surface area contributed by atoms with E-state index < -0.39 is 0 Å².